The van der Waals surface area contributed by atoms with Gasteiger partial charge >= 0.3 is 5.97 Å². The molecule has 0 radical (unpaired) electrons. The fourth-order valence-electron chi connectivity index (χ4n) is 4.56. The molecule has 0 bridgehead atoms. The van der Waals surface area contributed by atoms with Crippen molar-refractivity contribution < 1.29 is 24.5 Å². The minimum absolute atomic E-state index is 0.0627. The third kappa shape index (κ3) is 5.03. The number of fused-ring (bicyclic) bond motifs is 3. The first-order valence-electron chi connectivity index (χ1n) is 11.7. The van der Waals surface area contributed by atoms with Gasteiger partial charge in [-0.25, -0.2) is 13.9 Å². The first-order valence-corrected chi connectivity index (χ1v) is 11.7. The van der Waals surface area contributed by atoms with Crippen LogP contribution in [0.25, 0.3) is 23.0 Å². The van der Waals surface area contributed by atoms with E-state index in [0.29, 0.717) is 0 Å². The van der Waals surface area contributed by atoms with Gasteiger partial charge in [0, 0.05) is 23.1 Å². The number of carbonyl (C=O) groups is 1. The summed E-state index contributed by atoms with van der Waals surface area (Å²) in [5.74, 6) is -1.40. The monoisotopic (exact) mass is 467 g/mol. The van der Waals surface area contributed by atoms with E-state index in [4.69, 9.17) is 15.2 Å². The molecule has 2 heterocycles. The predicted octanol–water partition coefficient (Wildman–Crippen LogP) is 4.14. The average molecular weight is 468 g/mol. The van der Waals surface area contributed by atoms with E-state index in [1.54, 1.807) is 18.2 Å². The Labute approximate surface area is 197 Å². The SMILES string of the molecule is CC(C)c1nc2c3c(nn2c(-c2ccc(F)cc2)c1/C=C/[C@@H](O)C[C@@H](O)CC(=O)O)CCCC3. The number of benzene rings is 1. The number of nitrogens with zero attached hydrogens (tertiary/aromatic N) is 3. The van der Waals surface area contributed by atoms with Crippen LogP contribution in [0.2, 0.25) is 0 Å². The molecule has 0 aliphatic heterocycles. The third-order valence-corrected chi connectivity index (χ3v) is 6.17. The van der Waals surface area contributed by atoms with Crippen molar-refractivity contribution in [3.8, 4) is 11.3 Å². The van der Waals surface area contributed by atoms with E-state index >= 15 is 0 Å². The molecule has 4 rings (SSSR count). The highest BCUT2D eigenvalue weighted by atomic mass is 19.1. The lowest BCUT2D eigenvalue weighted by molar-refractivity contribution is -0.139. The Morgan fingerprint density at radius 3 is 2.56 bits per heavy atom. The second-order valence-electron chi connectivity index (χ2n) is 9.20. The maximum atomic E-state index is 13.7. The summed E-state index contributed by atoms with van der Waals surface area (Å²) in [6.07, 6.45) is 4.53. The number of aryl methyl sites for hydroxylation is 2. The molecule has 0 saturated carbocycles. The van der Waals surface area contributed by atoms with Gasteiger partial charge in [-0.3, -0.25) is 4.79 Å². The van der Waals surface area contributed by atoms with Crippen LogP contribution in [-0.4, -0.2) is 48.1 Å². The van der Waals surface area contributed by atoms with Crippen LogP contribution < -0.4 is 0 Å². The van der Waals surface area contributed by atoms with Crippen molar-refractivity contribution in [1.82, 2.24) is 14.6 Å². The summed E-state index contributed by atoms with van der Waals surface area (Å²) in [6, 6.07) is 6.23. The Morgan fingerprint density at radius 1 is 1.18 bits per heavy atom. The van der Waals surface area contributed by atoms with Crippen molar-refractivity contribution in [2.75, 3.05) is 0 Å². The van der Waals surface area contributed by atoms with Crippen molar-refractivity contribution in [3.05, 3.63) is 58.7 Å². The summed E-state index contributed by atoms with van der Waals surface area (Å²) in [4.78, 5) is 15.8. The minimum Gasteiger partial charge on any atom is -0.481 e. The largest absolute Gasteiger partial charge is 0.481 e. The molecule has 34 heavy (non-hydrogen) atoms. The maximum absolute atomic E-state index is 13.7. The fraction of sp³-hybridized carbons (Fsp3) is 0.423. The Morgan fingerprint density at radius 2 is 1.88 bits per heavy atom. The number of hydrogen-bond donors (Lipinski definition) is 3. The molecular formula is C26H30FN3O4. The minimum atomic E-state index is -1.16. The first-order chi connectivity index (χ1) is 16.2. The highest BCUT2D eigenvalue weighted by Crippen LogP contribution is 2.34. The van der Waals surface area contributed by atoms with E-state index in [1.807, 2.05) is 18.4 Å². The molecule has 3 N–H and O–H groups in total. The zero-order valence-corrected chi connectivity index (χ0v) is 19.4. The first kappa shape index (κ1) is 24.0. The normalized spacial score (nSPS) is 15.7. The van der Waals surface area contributed by atoms with Gasteiger partial charge in [-0.15, -0.1) is 0 Å². The quantitative estimate of drug-likeness (QED) is 0.460. The van der Waals surface area contributed by atoms with E-state index < -0.39 is 24.6 Å². The van der Waals surface area contributed by atoms with E-state index in [2.05, 4.69) is 0 Å². The molecule has 3 aromatic rings. The molecule has 0 spiro atoms. The summed E-state index contributed by atoms with van der Waals surface area (Å²) in [5, 5.41) is 34.1. The number of aliphatic hydroxyl groups excluding tert-OH is 2. The Kier molecular flexibility index (Phi) is 7.09. The molecule has 180 valence electrons. The lowest BCUT2D eigenvalue weighted by Gasteiger charge is -2.17. The number of halogens is 1. The van der Waals surface area contributed by atoms with Crippen molar-refractivity contribution in [3.63, 3.8) is 0 Å². The molecule has 1 aromatic carbocycles. The van der Waals surface area contributed by atoms with Gasteiger partial charge in [-0.1, -0.05) is 26.0 Å². The van der Waals surface area contributed by atoms with Crippen LogP contribution in [0.5, 0.6) is 0 Å². The van der Waals surface area contributed by atoms with E-state index in [9.17, 15) is 19.4 Å². The maximum Gasteiger partial charge on any atom is 0.305 e. The Hall–Kier alpha value is -3.10. The molecule has 2 atom stereocenters. The van der Waals surface area contributed by atoms with Crippen molar-refractivity contribution in [2.24, 2.45) is 0 Å². The smallest absolute Gasteiger partial charge is 0.305 e. The van der Waals surface area contributed by atoms with Crippen molar-refractivity contribution in [2.45, 2.75) is 70.5 Å². The van der Waals surface area contributed by atoms with Gasteiger partial charge in [0.25, 0.3) is 0 Å². The van der Waals surface area contributed by atoms with E-state index in [1.165, 1.54) is 18.2 Å². The standard InChI is InChI=1S/C26H30FN3O4/c1-15(2)24-21(12-11-18(31)13-19(32)14-23(33)34)25(16-7-9-17(27)10-8-16)30-26(28-24)20-5-3-4-6-22(20)29-30/h7-12,15,18-19,31-32H,3-6,13-14H2,1-2H3,(H,33,34)/b12-11+/t18-,19-/m1/s1. The average Bonchev–Trinajstić information content (AvgIpc) is 3.15. The van der Waals surface area contributed by atoms with Gasteiger partial charge in [0.05, 0.1) is 35.7 Å². The molecule has 0 amide bonds. The molecule has 0 unspecified atom stereocenters. The van der Waals surface area contributed by atoms with E-state index in [-0.39, 0.29) is 18.2 Å². The second kappa shape index (κ2) is 10.0. The zero-order valence-electron chi connectivity index (χ0n) is 19.4. The lowest BCUT2D eigenvalue weighted by atomic mass is 9.95. The van der Waals surface area contributed by atoms with Crippen LogP contribution in [0.15, 0.2) is 30.3 Å². The molecule has 0 saturated heterocycles. The summed E-state index contributed by atoms with van der Waals surface area (Å²) < 4.78 is 15.6. The number of aromatic nitrogens is 3. The van der Waals surface area contributed by atoms with Crippen LogP contribution in [0.1, 0.15) is 68.0 Å². The number of aliphatic hydroxyl groups is 2. The highest BCUT2D eigenvalue weighted by molar-refractivity contribution is 5.77. The molecule has 1 aliphatic rings. The fourth-order valence-corrected chi connectivity index (χ4v) is 4.56. The number of rotatable bonds is 8. The van der Waals surface area contributed by atoms with Crippen molar-refractivity contribution in [1.29, 1.82) is 0 Å². The number of aliphatic carboxylic acids is 1. The third-order valence-electron chi connectivity index (χ3n) is 6.17. The van der Waals surface area contributed by atoms with Gasteiger partial charge in [-0.05, 0) is 55.9 Å². The molecule has 2 aromatic heterocycles. The second-order valence-corrected chi connectivity index (χ2v) is 9.20. The van der Waals surface area contributed by atoms with Gasteiger partial charge in [0.15, 0.2) is 5.65 Å². The molecule has 1 aliphatic carbocycles. The van der Waals surface area contributed by atoms with Gasteiger partial charge in [-0.2, -0.15) is 5.10 Å². The number of hydrogen-bond acceptors (Lipinski definition) is 5. The molecule has 7 nitrogen and oxygen atoms in total. The number of carboxylic acid groups (broad SMARTS) is 1. The van der Waals surface area contributed by atoms with Crippen LogP contribution >= 0.6 is 0 Å². The van der Waals surface area contributed by atoms with Gasteiger partial charge in [0.1, 0.15) is 5.82 Å². The Balaban J connectivity index is 1.86. The van der Waals surface area contributed by atoms with Crippen LogP contribution in [0.3, 0.4) is 0 Å². The highest BCUT2D eigenvalue weighted by Gasteiger charge is 2.24. The van der Waals surface area contributed by atoms with Crippen molar-refractivity contribution >= 4 is 17.7 Å². The topological polar surface area (TPSA) is 108 Å². The van der Waals surface area contributed by atoms with Crippen LogP contribution in [0.4, 0.5) is 4.39 Å². The van der Waals surface area contributed by atoms with Gasteiger partial charge in [0.2, 0.25) is 0 Å². The van der Waals surface area contributed by atoms with Gasteiger partial charge < -0.3 is 15.3 Å². The lowest BCUT2D eigenvalue weighted by Crippen LogP contribution is -2.19. The zero-order chi connectivity index (χ0) is 24.4. The summed E-state index contributed by atoms with van der Waals surface area (Å²) in [6.45, 7) is 4.08. The van der Waals surface area contributed by atoms with Crippen LogP contribution in [-0.2, 0) is 17.6 Å². The summed E-state index contributed by atoms with van der Waals surface area (Å²) >= 11 is 0. The summed E-state index contributed by atoms with van der Waals surface area (Å²) in [5.41, 5.74) is 6.12. The predicted molar refractivity (Wildman–Crippen MR) is 127 cm³/mol. The van der Waals surface area contributed by atoms with Crippen LogP contribution in [0, 0.1) is 5.82 Å². The molecule has 0 fully saturated rings. The molecule has 8 heteroatoms. The molecular weight excluding hydrogens is 437 g/mol. The Bertz CT molecular complexity index is 1220. The summed E-state index contributed by atoms with van der Waals surface area (Å²) in [7, 11) is 0. The number of carboxylic acids is 1. The van der Waals surface area contributed by atoms with E-state index in [0.717, 1.165) is 65.1 Å².